The molecular formula is C11H13ClN2O3. The summed E-state index contributed by atoms with van der Waals surface area (Å²) < 4.78 is 5.15. The van der Waals surface area contributed by atoms with Crippen molar-refractivity contribution < 1.29 is 9.66 Å². The van der Waals surface area contributed by atoms with Crippen LogP contribution in [0.5, 0.6) is 0 Å². The molecule has 0 bridgehead atoms. The zero-order valence-corrected chi connectivity index (χ0v) is 10.2. The van der Waals surface area contributed by atoms with E-state index in [1.807, 2.05) is 0 Å². The van der Waals surface area contributed by atoms with E-state index in [-0.39, 0.29) is 16.1 Å². The van der Waals surface area contributed by atoms with Gasteiger partial charge >= 0.3 is 0 Å². The van der Waals surface area contributed by atoms with Crippen molar-refractivity contribution in [2.75, 3.05) is 25.1 Å². The Morgan fingerprint density at radius 3 is 2.76 bits per heavy atom. The molecule has 0 amide bonds. The lowest BCUT2D eigenvalue weighted by Gasteiger charge is -2.38. The van der Waals surface area contributed by atoms with E-state index in [4.69, 9.17) is 16.3 Å². The van der Waals surface area contributed by atoms with Crippen LogP contribution in [-0.4, -0.2) is 24.7 Å². The zero-order chi connectivity index (χ0) is 12.5. The number of rotatable bonds is 4. The Balaban J connectivity index is 2.02. The maximum Gasteiger partial charge on any atom is 0.288 e. The maximum atomic E-state index is 10.6. The molecule has 0 unspecified atom stereocenters. The maximum absolute atomic E-state index is 10.6. The summed E-state index contributed by atoms with van der Waals surface area (Å²) in [5.74, 6) is 0. The van der Waals surface area contributed by atoms with E-state index < -0.39 is 4.92 Å². The molecule has 1 heterocycles. The van der Waals surface area contributed by atoms with E-state index in [9.17, 15) is 10.1 Å². The third kappa shape index (κ3) is 2.68. The van der Waals surface area contributed by atoms with E-state index in [1.54, 1.807) is 12.1 Å². The van der Waals surface area contributed by atoms with E-state index in [1.165, 1.54) is 6.07 Å². The molecule has 1 aliphatic rings. The molecule has 6 heteroatoms. The summed E-state index contributed by atoms with van der Waals surface area (Å²) >= 11 is 5.82. The first-order valence-electron chi connectivity index (χ1n) is 5.26. The van der Waals surface area contributed by atoms with Crippen LogP contribution in [0.25, 0.3) is 0 Å². The number of benzene rings is 1. The van der Waals surface area contributed by atoms with Crippen LogP contribution in [0.4, 0.5) is 11.4 Å². The summed E-state index contributed by atoms with van der Waals surface area (Å²) in [6, 6.07) is 4.64. The van der Waals surface area contributed by atoms with Crippen LogP contribution in [0.2, 0.25) is 5.02 Å². The molecule has 0 saturated carbocycles. The van der Waals surface area contributed by atoms with Crippen LogP contribution >= 0.6 is 11.6 Å². The van der Waals surface area contributed by atoms with Crippen molar-refractivity contribution in [2.45, 2.75) is 6.92 Å². The number of ether oxygens (including phenoxy) is 1. The standard InChI is InChI=1S/C11H13ClN2O3/c1-11(6-17-7-11)5-13-8-2-3-10(14(15)16)9(12)4-8/h2-4,13H,5-7H2,1H3. The average Bonchev–Trinajstić information content (AvgIpc) is 2.23. The number of halogens is 1. The summed E-state index contributed by atoms with van der Waals surface area (Å²) in [7, 11) is 0. The molecule has 0 spiro atoms. The number of anilines is 1. The lowest BCUT2D eigenvalue weighted by atomic mass is 9.89. The highest BCUT2D eigenvalue weighted by molar-refractivity contribution is 6.32. The van der Waals surface area contributed by atoms with Gasteiger partial charge in [0.25, 0.3) is 5.69 Å². The van der Waals surface area contributed by atoms with E-state index in [0.717, 1.165) is 25.4 Å². The van der Waals surface area contributed by atoms with Crippen molar-refractivity contribution in [3.05, 3.63) is 33.3 Å². The van der Waals surface area contributed by atoms with E-state index in [2.05, 4.69) is 12.2 Å². The number of nitro benzene ring substituents is 1. The number of hydrogen-bond donors (Lipinski definition) is 1. The molecule has 0 atom stereocenters. The van der Waals surface area contributed by atoms with E-state index >= 15 is 0 Å². The molecule has 1 fully saturated rings. The molecule has 0 radical (unpaired) electrons. The van der Waals surface area contributed by atoms with Crippen molar-refractivity contribution >= 4 is 23.0 Å². The first kappa shape index (κ1) is 12.1. The van der Waals surface area contributed by atoms with Gasteiger partial charge in [-0.2, -0.15) is 0 Å². The first-order valence-corrected chi connectivity index (χ1v) is 5.64. The Hall–Kier alpha value is -1.33. The van der Waals surface area contributed by atoms with Gasteiger partial charge in [-0.25, -0.2) is 0 Å². The van der Waals surface area contributed by atoms with Gasteiger partial charge in [0.05, 0.1) is 18.1 Å². The van der Waals surface area contributed by atoms with Gasteiger partial charge in [-0.05, 0) is 12.1 Å². The minimum absolute atomic E-state index is 0.0737. The molecule has 2 rings (SSSR count). The van der Waals surface area contributed by atoms with Crippen LogP contribution < -0.4 is 5.32 Å². The Bertz CT molecular complexity index is 446. The molecule has 1 aromatic rings. The predicted octanol–water partition coefficient (Wildman–Crippen LogP) is 2.70. The minimum Gasteiger partial charge on any atom is -0.384 e. The van der Waals surface area contributed by atoms with Crippen LogP contribution in [0.15, 0.2) is 18.2 Å². The Morgan fingerprint density at radius 2 is 2.29 bits per heavy atom. The highest BCUT2D eigenvalue weighted by Gasteiger charge is 2.32. The first-order chi connectivity index (χ1) is 8.00. The van der Waals surface area contributed by atoms with Crippen molar-refractivity contribution in [2.24, 2.45) is 5.41 Å². The highest BCUT2D eigenvalue weighted by atomic mass is 35.5. The van der Waals surface area contributed by atoms with Gasteiger partial charge in [0.1, 0.15) is 5.02 Å². The largest absolute Gasteiger partial charge is 0.384 e. The molecule has 1 N–H and O–H groups in total. The second-order valence-corrected chi connectivity index (χ2v) is 4.99. The third-order valence-electron chi connectivity index (χ3n) is 2.76. The zero-order valence-electron chi connectivity index (χ0n) is 9.40. The molecule has 1 aromatic carbocycles. The molecule has 92 valence electrons. The van der Waals surface area contributed by atoms with E-state index in [0.29, 0.717) is 0 Å². The van der Waals surface area contributed by atoms with Crippen molar-refractivity contribution in [1.82, 2.24) is 0 Å². The molecule has 0 aliphatic carbocycles. The Labute approximate surface area is 104 Å². The lowest BCUT2D eigenvalue weighted by Crippen LogP contribution is -2.45. The average molecular weight is 257 g/mol. The van der Waals surface area contributed by atoms with Gasteiger partial charge in [-0.15, -0.1) is 0 Å². The summed E-state index contributed by atoms with van der Waals surface area (Å²) in [5.41, 5.74) is 0.859. The quantitative estimate of drug-likeness (QED) is 0.664. The Morgan fingerprint density at radius 1 is 1.59 bits per heavy atom. The van der Waals surface area contributed by atoms with Gasteiger partial charge in [0.2, 0.25) is 0 Å². The second-order valence-electron chi connectivity index (χ2n) is 4.58. The monoisotopic (exact) mass is 256 g/mol. The lowest BCUT2D eigenvalue weighted by molar-refractivity contribution is -0.384. The summed E-state index contributed by atoms with van der Waals surface area (Å²) in [5, 5.41) is 13.9. The highest BCUT2D eigenvalue weighted by Crippen LogP contribution is 2.30. The SMILES string of the molecule is CC1(CNc2ccc([N+](=O)[O-])c(Cl)c2)COC1. The van der Waals surface area contributed by atoms with Gasteiger partial charge in [0.15, 0.2) is 0 Å². The number of nitrogens with zero attached hydrogens (tertiary/aromatic N) is 1. The fourth-order valence-corrected chi connectivity index (χ4v) is 1.88. The fraction of sp³-hybridized carbons (Fsp3) is 0.455. The van der Waals surface area contributed by atoms with Gasteiger partial charge in [0, 0.05) is 23.7 Å². The predicted molar refractivity (Wildman–Crippen MR) is 65.5 cm³/mol. The molecule has 17 heavy (non-hydrogen) atoms. The molecule has 1 aliphatic heterocycles. The molecule has 0 aromatic heterocycles. The summed E-state index contributed by atoms with van der Waals surface area (Å²) in [6.45, 7) is 4.36. The van der Waals surface area contributed by atoms with Crippen LogP contribution in [0.3, 0.4) is 0 Å². The summed E-state index contributed by atoms with van der Waals surface area (Å²) in [6.07, 6.45) is 0. The number of nitro groups is 1. The molecule has 5 nitrogen and oxygen atoms in total. The minimum atomic E-state index is -0.493. The molecular weight excluding hydrogens is 244 g/mol. The Kier molecular flexibility index (Phi) is 3.22. The fourth-order valence-electron chi connectivity index (χ4n) is 1.63. The van der Waals surface area contributed by atoms with Crippen LogP contribution in [0.1, 0.15) is 6.92 Å². The summed E-state index contributed by atoms with van der Waals surface area (Å²) in [4.78, 5) is 10.1. The van der Waals surface area contributed by atoms with Gasteiger partial charge in [-0.1, -0.05) is 18.5 Å². The van der Waals surface area contributed by atoms with Gasteiger partial charge in [-0.3, -0.25) is 10.1 Å². The van der Waals surface area contributed by atoms with Gasteiger partial charge < -0.3 is 10.1 Å². The van der Waals surface area contributed by atoms with Crippen molar-refractivity contribution in [1.29, 1.82) is 0 Å². The third-order valence-corrected chi connectivity index (χ3v) is 3.07. The number of nitrogens with one attached hydrogen (secondary N) is 1. The normalized spacial score (nSPS) is 17.3. The van der Waals surface area contributed by atoms with Crippen LogP contribution in [0, 0.1) is 15.5 Å². The van der Waals surface area contributed by atoms with Crippen molar-refractivity contribution in [3.63, 3.8) is 0 Å². The number of hydrogen-bond acceptors (Lipinski definition) is 4. The topological polar surface area (TPSA) is 64.4 Å². The molecule has 1 saturated heterocycles. The van der Waals surface area contributed by atoms with Crippen molar-refractivity contribution in [3.8, 4) is 0 Å². The smallest absolute Gasteiger partial charge is 0.288 e. The second kappa shape index (κ2) is 4.50. The van der Waals surface area contributed by atoms with Crippen LogP contribution in [-0.2, 0) is 4.74 Å².